The van der Waals surface area contributed by atoms with Gasteiger partial charge in [-0.2, -0.15) is 0 Å². The number of oxime groups is 1. The SMILES string of the molecule is Cc1cc(/C(N)=N/O)cc(N2CC(C)CC2C)n1. The summed E-state index contributed by atoms with van der Waals surface area (Å²) in [7, 11) is 0. The van der Waals surface area contributed by atoms with Gasteiger partial charge in [0.15, 0.2) is 5.84 Å². The molecule has 1 saturated heterocycles. The standard InChI is InChI=1S/C13H20N4O/c1-8-4-10(3)17(7-8)12-6-11(13(14)16-18)5-9(2)15-12/h5-6,8,10,18H,4,7H2,1-3H3,(H2,14,16). The van der Waals surface area contributed by atoms with Crippen molar-refractivity contribution in [3.05, 3.63) is 23.4 Å². The van der Waals surface area contributed by atoms with E-state index in [4.69, 9.17) is 10.9 Å². The zero-order valence-corrected chi connectivity index (χ0v) is 11.1. The fraction of sp³-hybridized carbons (Fsp3) is 0.538. The second kappa shape index (κ2) is 4.84. The first-order chi connectivity index (χ1) is 8.51. The Morgan fingerprint density at radius 3 is 2.78 bits per heavy atom. The van der Waals surface area contributed by atoms with Crippen molar-refractivity contribution in [2.24, 2.45) is 16.8 Å². The second-order valence-electron chi connectivity index (χ2n) is 5.18. The van der Waals surface area contributed by atoms with E-state index in [0.717, 1.165) is 18.1 Å². The van der Waals surface area contributed by atoms with E-state index in [0.29, 0.717) is 17.5 Å². The van der Waals surface area contributed by atoms with E-state index >= 15 is 0 Å². The van der Waals surface area contributed by atoms with Gasteiger partial charge < -0.3 is 15.8 Å². The van der Waals surface area contributed by atoms with Crippen molar-refractivity contribution in [1.82, 2.24) is 4.98 Å². The minimum absolute atomic E-state index is 0.127. The number of rotatable bonds is 2. The lowest BCUT2D eigenvalue weighted by molar-refractivity contribution is 0.318. The molecule has 1 aromatic rings. The molecule has 2 atom stereocenters. The number of hydrogen-bond donors (Lipinski definition) is 2. The summed E-state index contributed by atoms with van der Waals surface area (Å²) in [5, 5.41) is 11.8. The summed E-state index contributed by atoms with van der Waals surface area (Å²) in [6, 6.07) is 4.19. The molecule has 0 bridgehead atoms. The van der Waals surface area contributed by atoms with Crippen LogP contribution in [-0.4, -0.2) is 28.6 Å². The normalized spacial score (nSPS) is 24.6. The van der Waals surface area contributed by atoms with Crippen LogP contribution >= 0.6 is 0 Å². The molecule has 5 nitrogen and oxygen atoms in total. The lowest BCUT2D eigenvalue weighted by Gasteiger charge is -2.23. The van der Waals surface area contributed by atoms with E-state index in [2.05, 4.69) is 28.9 Å². The molecule has 2 heterocycles. The number of nitrogens with zero attached hydrogens (tertiary/aromatic N) is 3. The summed E-state index contributed by atoms with van der Waals surface area (Å²) in [6.45, 7) is 7.38. The molecule has 0 aromatic carbocycles. The summed E-state index contributed by atoms with van der Waals surface area (Å²) in [5.74, 6) is 1.71. The topological polar surface area (TPSA) is 74.7 Å². The van der Waals surface area contributed by atoms with E-state index in [1.54, 1.807) is 0 Å². The highest BCUT2D eigenvalue weighted by atomic mass is 16.4. The molecule has 1 aliphatic heterocycles. The quantitative estimate of drug-likeness (QED) is 0.362. The van der Waals surface area contributed by atoms with Gasteiger partial charge in [0.25, 0.3) is 0 Å². The Morgan fingerprint density at radius 1 is 1.50 bits per heavy atom. The van der Waals surface area contributed by atoms with Crippen LogP contribution in [0.2, 0.25) is 0 Å². The number of aromatic nitrogens is 1. The maximum Gasteiger partial charge on any atom is 0.170 e. The van der Waals surface area contributed by atoms with Gasteiger partial charge in [-0.05, 0) is 38.3 Å². The number of aryl methyl sites for hydroxylation is 1. The third-order valence-corrected chi connectivity index (χ3v) is 3.42. The summed E-state index contributed by atoms with van der Waals surface area (Å²) in [4.78, 5) is 6.83. The van der Waals surface area contributed by atoms with Gasteiger partial charge in [0.2, 0.25) is 0 Å². The first-order valence-electron chi connectivity index (χ1n) is 6.24. The van der Waals surface area contributed by atoms with Gasteiger partial charge >= 0.3 is 0 Å². The molecular formula is C13H20N4O. The second-order valence-corrected chi connectivity index (χ2v) is 5.18. The molecule has 0 aliphatic carbocycles. The van der Waals surface area contributed by atoms with Gasteiger partial charge in [0.1, 0.15) is 5.82 Å². The van der Waals surface area contributed by atoms with Gasteiger partial charge in [0.05, 0.1) is 0 Å². The van der Waals surface area contributed by atoms with Crippen LogP contribution in [-0.2, 0) is 0 Å². The molecule has 1 aliphatic rings. The molecule has 18 heavy (non-hydrogen) atoms. The Bertz CT molecular complexity index is 472. The van der Waals surface area contributed by atoms with E-state index in [1.165, 1.54) is 6.42 Å². The molecular weight excluding hydrogens is 228 g/mol. The van der Waals surface area contributed by atoms with Gasteiger partial charge in [-0.25, -0.2) is 4.98 Å². The van der Waals surface area contributed by atoms with Gasteiger partial charge in [-0.1, -0.05) is 12.1 Å². The fourth-order valence-corrected chi connectivity index (χ4v) is 2.62. The number of anilines is 1. The molecule has 98 valence electrons. The molecule has 1 aromatic heterocycles. The number of pyridine rings is 1. The van der Waals surface area contributed by atoms with Crippen LogP contribution in [0.5, 0.6) is 0 Å². The minimum atomic E-state index is 0.127. The summed E-state index contributed by atoms with van der Waals surface area (Å²) < 4.78 is 0. The Balaban J connectivity index is 2.36. The molecule has 3 N–H and O–H groups in total. The first kappa shape index (κ1) is 12.7. The molecule has 0 saturated carbocycles. The van der Waals surface area contributed by atoms with Crippen molar-refractivity contribution in [2.45, 2.75) is 33.2 Å². The van der Waals surface area contributed by atoms with Crippen LogP contribution < -0.4 is 10.6 Å². The zero-order valence-electron chi connectivity index (χ0n) is 11.1. The van der Waals surface area contributed by atoms with Crippen LogP contribution in [0, 0.1) is 12.8 Å². The predicted molar refractivity (Wildman–Crippen MR) is 72.1 cm³/mol. The highest BCUT2D eigenvalue weighted by Gasteiger charge is 2.27. The fourth-order valence-electron chi connectivity index (χ4n) is 2.62. The van der Waals surface area contributed by atoms with E-state index < -0.39 is 0 Å². The van der Waals surface area contributed by atoms with Crippen molar-refractivity contribution in [3.63, 3.8) is 0 Å². The zero-order chi connectivity index (χ0) is 13.3. The molecule has 0 spiro atoms. The van der Waals surface area contributed by atoms with Crippen LogP contribution in [0.4, 0.5) is 5.82 Å². The minimum Gasteiger partial charge on any atom is -0.409 e. The van der Waals surface area contributed by atoms with Crippen LogP contribution in [0.3, 0.4) is 0 Å². The highest BCUT2D eigenvalue weighted by molar-refractivity contribution is 5.97. The summed E-state index contributed by atoms with van der Waals surface area (Å²) in [6.07, 6.45) is 1.18. The van der Waals surface area contributed by atoms with Gasteiger partial charge in [-0.3, -0.25) is 0 Å². The summed E-state index contributed by atoms with van der Waals surface area (Å²) >= 11 is 0. The van der Waals surface area contributed by atoms with Crippen LogP contribution in [0.1, 0.15) is 31.5 Å². The predicted octanol–water partition coefficient (Wildman–Crippen LogP) is 1.72. The molecule has 2 unspecified atom stereocenters. The van der Waals surface area contributed by atoms with Crippen molar-refractivity contribution in [1.29, 1.82) is 0 Å². The Morgan fingerprint density at radius 2 is 2.22 bits per heavy atom. The van der Waals surface area contributed by atoms with Gasteiger partial charge in [0, 0.05) is 23.8 Å². The third kappa shape index (κ3) is 2.39. The third-order valence-electron chi connectivity index (χ3n) is 3.42. The van der Waals surface area contributed by atoms with Crippen molar-refractivity contribution >= 4 is 11.7 Å². The number of nitrogens with two attached hydrogens (primary N) is 1. The lowest BCUT2D eigenvalue weighted by atomic mass is 10.1. The van der Waals surface area contributed by atoms with Crippen LogP contribution in [0.25, 0.3) is 0 Å². The summed E-state index contributed by atoms with van der Waals surface area (Å²) in [5.41, 5.74) is 7.24. The van der Waals surface area contributed by atoms with Gasteiger partial charge in [-0.15, -0.1) is 0 Å². The van der Waals surface area contributed by atoms with Crippen molar-refractivity contribution in [2.75, 3.05) is 11.4 Å². The largest absolute Gasteiger partial charge is 0.409 e. The molecule has 1 fully saturated rings. The lowest BCUT2D eigenvalue weighted by Crippen LogP contribution is -2.28. The monoisotopic (exact) mass is 248 g/mol. The Kier molecular flexibility index (Phi) is 3.41. The van der Waals surface area contributed by atoms with Crippen LogP contribution in [0.15, 0.2) is 17.3 Å². The molecule has 0 radical (unpaired) electrons. The van der Waals surface area contributed by atoms with Crippen molar-refractivity contribution in [3.8, 4) is 0 Å². The highest BCUT2D eigenvalue weighted by Crippen LogP contribution is 2.28. The maximum absolute atomic E-state index is 8.76. The Hall–Kier alpha value is -1.78. The Labute approximate surface area is 107 Å². The number of amidine groups is 1. The molecule has 5 heteroatoms. The van der Waals surface area contributed by atoms with E-state index in [9.17, 15) is 0 Å². The smallest absolute Gasteiger partial charge is 0.170 e. The van der Waals surface area contributed by atoms with Crippen molar-refractivity contribution < 1.29 is 5.21 Å². The average molecular weight is 248 g/mol. The van der Waals surface area contributed by atoms with E-state index in [1.807, 2.05) is 19.1 Å². The van der Waals surface area contributed by atoms with E-state index in [-0.39, 0.29) is 5.84 Å². The molecule has 2 rings (SSSR count). The number of hydrogen-bond acceptors (Lipinski definition) is 4. The first-order valence-corrected chi connectivity index (χ1v) is 6.24. The average Bonchev–Trinajstić information content (AvgIpc) is 2.66. The maximum atomic E-state index is 8.76. The molecule has 0 amide bonds.